The lowest BCUT2D eigenvalue weighted by atomic mass is 10.1. The van der Waals surface area contributed by atoms with Crippen molar-refractivity contribution in [2.24, 2.45) is 0 Å². The molecule has 0 saturated carbocycles. The Morgan fingerprint density at radius 1 is 1.00 bits per heavy atom. The molecule has 0 aliphatic rings. The molecule has 0 amide bonds. The molecular weight excluding hydrogens is 248 g/mol. The standard InChI is InChI=1S/C18H16O2/c1-14(2)18(19)20-17-11-7-6-10-16(17)13-12-15-8-4-3-5-9-15/h3-13H,1H2,2H3. The van der Waals surface area contributed by atoms with Gasteiger partial charge in [0, 0.05) is 11.1 Å². The Labute approximate surface area is 119 Å². The van der Waals surface area contributed by atoms with Crippen molar-refractivity contribution in [1.82, 2.24) is 0 Å². The highest BCUT2D eigenvalue weighted by molar-refractivity contribution is 5.89. The monoisotopic (exact) mass is 264 g/mol. The number of carbonyl (C=O) groups excluding carboxylic acids is 1. The predicted octanol–water partition coefficient (Wildman–Crippen LogP) is 4.34. The molecule has 0 saturated heterocycles. The van der Waals surface area contributed by atoms with Gasteiger partial charge in [-0.15, -0.1) is 0 Å². The summed E-state index contributed by atoms with van der Waals surface area (Å²) in [6, 6.07) is 17.4. The first-order valence-electron chi connectivity index (χ1n) is 6.36. The minimum absolute atomic E-state index is 0.381. The zero-order chi connectivity index (χ0) is 14.4. The van der Waals surface area contributed by atoms with Crippen molar-refractivity contribution in [2.75, 3.05) is 0 Å². The van der Waals surface area contributed by atoms with E-state index in [2.05, 4.69) is 6.58 Å². The van der Waals surface area contributed by atoms with Crippen molar-refractivity contribution < 1.29 is 9.53 Å². The van der Waals surface area contributed by atoms with E-state index in [-0.39, 0.29) is 0 Å². The Morgan fingerprint density at radius 3 is 2.35 bits per heavy atom. The Hall–Kier alpha value is -2.61. The first-order valence-corrected chi connectivity index (χ1v) is 6.36. The van der Waals surface area contributed by atoms with Crippen molar-refractivity contribution in [3.05, 3.63) is 77.9 Å². The first-order chi connectivity index (χ1) is 9.66. The van der Waals surface area contributed by atoms with Gasteiger partial charge in [0.1, 0.15) is 5.75 Å². The average Bonchev–Trinajstić information content (AvgIpc) is 2.47. The molecule has 0 spiro atoms. The molecule has 0 aromatic heterocycles. The molecule has 2 aromatic rings. The molecule has 100 valence electrons. The van der Waals surface area contributed by atoms with Crippen LogP contribution in [0.4, 0.5) is 0 Å². The number of ether oxygens (including phenoxy) is 1. The van der Waals surface area contributed by atoms with Crippen molar-refractivity contribution in [3.63, 3.8) is 0 Å². The molecule has 2 heteroatoms. The lowest BCUT2D eigenvalue weighted by Gasteiger charge is -2.06. The Kier molecular flexibility index (Phi) is 4.51. The first kappa shape index (κ1) is 13.8. The second kappa shape index (κ2) is 6.53. The van der Waals surface area contributed by atoms with Crippen LogP contribution in [0.5, 0.6) is 5.75 Å². The van der Waals surface area contributed by atoms with E-state index >= 15 is 0 Å². The topological polar surface area (TPSA) is 26.3 Å². The molecule has 20 heavy (non-hydrogen) atoms. The third-order valence-corrected chi connectivity index (χ3v) is 2.73. The largest absolute Gasteiger partial charge is 0.423 e. The van der Waals surface area contributed by atoms with Crippen LogP contribution < -0.4 is 4.74 Å². The molecule has 0 aliphatic heterocycles. The highest BCUT2D eigenvalue weighted by Gasteiger charge is 2.07. The van der Waals surface area contributed by atoms with Crippen LogP contribution in [0.1, 0.15) is 18.1 Å². The van der Waals surface area contributed by atoms with E-state index < -0.39 is 5.97 Å². The fourth-order valence-corrected chi connectivity index (χ4v) is 1.65. The number of esters is 1. The molecule has 0 aliphatic carbocycles. The van der Waals surface area contributed by atoms with Gasteiger partial charge in [0.15, 0.2) is 0 Å². The minimum atomic E-state index is -0.412. The van der Waals surface area contributed by atoms with Crippen molar-refractivity contribution >= 4 is 18.1 Å². The van der Waals surface area contributed by atoms with Gasteiger partial charge in [0.05, 0.1) is 0 Å². The SMILES string of the molecule is C=C(C)C(=O)Oc1ccccc1C=Cc1ccccc1. The average molecular weight is 264 g/mol. The summed E-state index contributed by atoms with van der Waals surface area (Å²) in [5.41, 5.74) is 2.33. The summed E-state index contributed by atoms with van der Waals surface area (Å²) >= 11 is 0. The summed E-state index contributed by atoms with van der Waals surface area (Å²) in [5, 5.41) is 0. The van der Waals surface area contributed by atoms with E-state index in [9.17, 15) is 4.79 Å². The van der Waals surface area contributed by atoms with E-state index in [1.807, 2.05) is 60.7 Å². The van der Waals surface area contributed by atoms with E-state index in [4.69, 9.17) is 4.74 Å². The number of hydrogen-bond acceptors (Lipinski definition) is 2. The molecule has 0 heterocycles. The van der Waals surface area contributed by atoms with Crippen molar-refractivity contribution in [1.29, 1.82) is 0 Å². The lowest BCUT2D eigenvalue weighted by Crippen LogP contribution is -2.08. The normalized spacial score (nSPS) is 10.4. The molecule has 0 bridgehead atoms. The molecule has 0 radical (unpaired) electrons. The molecule has 0 N–H and O–H groups in total. The second-order valence-corrected chi connectivity index (χ2v) is 4.45. The quantitative estimate of drug-likeness (QED) is 0.355. The summed E-state index contributed by atoms with van der Waals surface area (Å²) in [5.74, 6) is 0.123. The predicted molar refractivity (Wildman–Crippen MR) is 82.3 cm³/mol. The molecule has 0 fully saturated rings. The van der Waals surface area contributed by atoms with Gasteiger partial charge in [-0.05, 0) is 18.6 Å². The summed E-state index contributed by atoms with van der Waals surface area (Å²) in [7, 11) is 0. The molecule has 2 nitrogen and oxygen atoms in total. The van der Waals surface area contributed by atoms with Crippen LogP contribution in [0.2, 0.25) is 0 Å². The molecule has 2 rings (SSSR count). The summed E-state index contributed by atoms with van der Waals surface area (Å²) < 4.78 is 5.31. The number of benzene rings is 2. The van der Waals surface area contributed by atoms with E-state index in [0.717, 1.165) is 11.1 Å². The van der Waals surface area contributed by atoms with Gasteiger partial charge < -0.3 is 4.74 Å². The maximum atomic E-state index is 11.6. The van der Waals surface area contributed by atoms with Crippen LogP contribution in [0.25, 0.3) is 12.2 Å². The number of rotatable bonds is 4. The van der Waals surface area contributed by atoms with Crippen molar-refractivity contribution in [3.8, 4) is 5.75 Å². The summed E-state index contributed by atoms with van der Waals surface area (Å²) in [4.78, 5) is 11.6. The maximum Gasteiger partial charge on any atom is 0.338 e. The van der Waals surface area contributed by atoms with Crippen LogP contribution in [-0.4, -0.2) is 5.97 Å². The summed E-state index contributed by atoms with van der Waals surface area (Å²) in [6.45, 7) is 5.21. The van der Waals surface area contributed by atoms with Gasteiger partial charge in [0.25, 0.3) is 0 Å². The summed E-state index contributed by atoms with van der Waals surface area (Å²) in [6.07, 6.45) is 3.91. The van der Waals surface area contributed by atoms with Crippen LogP contribution in [0.15, 0.2) is 66.7 Å². The number of carbonyl (C=O) groups is 1. The lowest BCUT2D eigenvalue weighted by molar-refractivity contribution is -0.130. The number of para-hydroxylation sites is 1. The van der Waals surface area contributed by atoms with E-state index in [1.165, 1.54) is 0 Å². The van der Waals surface area contributed by atoms with Gasteiger partial charge in [-0.2, -0.15) is 0 Å². The van der Waals surface area contributed by atoms with Crippen LogP contribution >= 0.6 is 0 Å². The zero-order valence-electron chi connectivity index (χ0n) is 11.4. The smallest absolute Gasteiger partial charge is 0.338 e. The van der Waals surface area contributed by atoms with Crippen molar-refractivity contribution in [2.45, 2.75) is 6.92 Å². The Bertz CT molecular complexity index is 639. The van der Waals surface area contributed by atoms with Gasteiger partial charge in [-0.25, -0.2) is 4.79 Å². The van der Waals surface area contributed by atoms with E-state index in [1.54, 1.807) is 13.0 Å². The minimum Gasteiger partial charge on any atom is -0.423 e. The Balaban J connectivity index is 2.22. The Morgan fingerprint density at radius 2 is 1.65 bits per heavy atom. The fourth-order valence-electron chi connectivity index (χ4n) is 1.65. The number of hydrogen-bond donors (Lipinski definition) is 0. The van der Waals surface area contributed by atoms with Gasteiger partial charge >= 0.3 is 5.97 Å². The van der Waals surface area contributed by atoms with Crippen LogP contribution in [-0.2, 0) is 4.79 Å². The van der Waals surface area contributed by atoms with Crippen LogP contribution in [0.3, 0.4) is 0 Å². The maximum absolute atomic E-state index is 11.6. The molecule has 2 aromatic carbocycles. The molecular formula is C18H16O2. The third kappa shape index (κ3) is 3.69. The van der Waals surface area contributed by atoms with Crippen LogP contribution in [0, 0.1) is 0 Å². The second-order valence-electron chi connectivity index (χ2n) is 4.45. The molecule has 0 unspecified atom stereocenters. The van der Waals surface area contributed by atoms with Gasteiger partial charge in [0.2, 0.25) is 0 Å². The highest BCUT2D eigenvalue weighted by atomic mass is 16.5. The van der Waals surface area contributed by atoms with Gasteiger partial charge in [-0.3, -0.25) is 0 Å². The highest BCUT2D eigenvalue weighted by Crippen LogP contribution is 2.21. The van der Waals surface area contributed by atoms with E-state index in [0.29, 0.717) is 11.3 Å². The third-order valence-electron chi connectivity index (χ3n) is 2.73. The zero-order valence-corrected chi connectivity index (χ0v) is 11.4. The molecule has 0 atom stereocenters. The van der Waals surface area contributed by atoms with Gasteiger partial charge in [-0.1, -0.05) is 67.3 Å². The fraction of sp³-hybridized carbons (Fsp3) is 0.0556.